The number of pyridine rings is 1. The Morgan fingerprint density at radius 3 is 2.42 bits per heavy atom. The van der Waals surface area contributed by atoms with Gasteiger partial charge < -0.3 is 20.5 Å². The van der Waals surface area contributed by atoms with Gasteiger partial charge in [0.1, 0.15) is 22.9 Å². The Hall–Kier alpha value is -3.30. The van der Waals surface area contributed by atoms with Crippen molar-refractivity contribution in [1.29, 1.82) is 0 Å². The summed E-state index contributed by atoms with van der Waals surface area (Å²) in [5, 5.41) is 15.5. The van der Waals surface area contributed by atoms with Gasteiger partial charge in [-0.25, -0.2) is 9.37 Å². The summed E-state index contributed by atoms with van der Waals surface area (Å²) in [7, 11) is 0. The average molecular weight is 530 g/mol. The quantitative estimate of drug-likeness (QED) is 0.346. The van der Waals surface area contributed by atoms with Crippen molar-refractivity contribution in [1.82, 2.24) is 15.6 Å². The van der Waals surface area contributed by atoms with Gasteiger partial charge in [0, 0.05) is 22.5 Å². The number of hydrogen-bond donors (Lipinski definition) is 3. The molecule has 2 amide bonds. The molecule has 2 aromatic carbocycles. The van der Waals surface area contributed by atoms with Crippen molar-refractivity contribution in [2.75, 3.05) is 6.26 Å². The minimum absolute atomic E-state index is 0.0178. The molecule has 3 N–H and O–H groups in total. The van der Waals surface area contributed by atoms with E-state index in [1.165, 1.54) is 18.2 Å². The summed E-state index contributed by atoms with van der Waals surface area (Å²) < 4.78 is 19.8. The minimum Gasteiger partial charge on any atom is -0.506 e. The van der Waals surface area contributed by atoms with Crippen LogP contribution >= 0.6 is 23.4 Å². The van der Waals surface area contributed by atoms with Crippen LogP contribution < -0.4 is 15.4 Å². The number of thioether (sulfide) groups is 1. The number of carbonyl (C=O) groups is 2. The first kappa shape index (κ1) is 25.8. The Bertz CT molecular complexity index is 1270. The number of aromatic hydroxyl groups is 1. The lowest BCUT2D eigenvalue weighted by molar-refractivity contribution is 0.0890. The van der Waals surface area contributed by atoms with E-state index in [9.17, 15) is 19.1 Å². The highest BCUT2D eigenvalue weighted by molar-refractivity contribution is 7.98. The predicted octanol–water partition coefficient (Wildman–Crippen LogP) is 5.56. The third-order valence-electron chi connectivity index (χ3n) is 5.93. The number of amides is 2. The largest absolute Gasteiger partial charge is 0.506 e. The maximum absolute atomic E-state index is 13.9. The number of hydrogen-bond acceptors (Lipinski definition) is 6. The van der Waals surface area contributed by atoms with Gasteiger partial charge in [-0.1, -0.05) is 17.7 Å². The molecular formula is C26H25ClFN3O4S. The molecule has 4 rings (SSSR count). The van der Waals surface area contributed by atoms with Crippen molar-refractivity contribution < 1.29 is 23.8 Å². The molecule has 1 aliphatic rings. The number of nitrogens with zero attached hydrogens (tertiary/aromatic N) is 1. The Balaban J connectivity index is 1.35. The molecule has 3 aromatic rings. The molecule has 1 aliphatic carbocycles. The van der Waals surface area contributed by atoms with Crippen molar-refractivity contribution in [2.45, 2.75) is 42.7 Å². The zero-order chi connectivity index (χ0) is 25.7. The van der Waals surface area contributed by atoms with Crippen LogP contribution in [0.25, 0.3) is 0 Å². The molecule has 1 fully saturated rings. The van der Waals surface area contributed by atoms with Crippen LogP contribution in [0.15, 0.2) is 59.6 Å². The van der Waals surface area contributed by atoms with Crippen LogP contribution in [0, 0.1) is 5.82 Å². The fraction of sp³-hybridized carbons (Fsp3) is 0.269. The number of phenols is 1. The standard InChI is InChI=1S/C26H25ClFN3O4S/c1-36-20-4-2-3-19(13-20)35-26-21(12-16(28)14-29-26)25(34)31-18-8-6-17(7-9-18)30-24(33)15-5-10-23(32)22(27)11-15/h2-5,10-14,17-18,32H,6-9H2,1H3,(H,30,33)(H,31,34). The minimum atomic E-state index is -0.633. The first-order valence-corrected chi connectivity index (χ1v) is 13.0. The van der Waals surface area contributed by atoms with Crippen molar-refractivity contribution in [2.24, 2.45) is 0 Å². The van der Waals surface area contributed by atoms with E-state index in [0.717, 1.165) is 17.2 Å². The van der Waals surface area contributed by atoms with E-state index in [1.54, 1.807) is 17.8 Å². The second-order valence-corrected chi connectivity index (χ2v) is 9.74. The normalized spacial score (nSPS) is 17.3. The zero-order valence-electron chi connectivity index (χ0n) is 19.5. The lowest BCUT2D eigenvalue weighted by Gasteiger charge is -2.29. The Morgan fingerprint density at radius 2 is 1.75 bits per heavy atom. The maximum Gasteiger partial charge on any atom is 0.257 e. The molecule has 10 heteroatoms. The molecule has 7 nitrogen and oxygen atoms in total. The molecule has 1 aromatic heterocycles. The van der Waals surface area contributed by atoms with Crippen LogP contribution in [0.5, 0.6) is 17.4 Å². The molecule has 0 spiro atoms. The summed E-state index contributed by atoms with van der Waals surface area (Å²) in [5.41, 5.74) is 0.381. The van der Waals surface area contributed by atoms with Gasteiger partial charge in [-0.15, -0.1) is 11.8 Å². The summed E-state index contributed by atoms with van der Waals surface area (Å²) in [6, 6.07) is 12.6. The van der Waals surface area contributed by atoms with E-state index in [0.29, 0.717) is 37.0 Å². The highest BCUT2D eigenvalue weighted by Gasteiger charge is 2.26. The average Bonchev–Trinajstić information content (AvgIpc) is 2.88. The third-order valence-corrected chi connectivity index (χ3v) is 6.95. The van der Waals surface area contributed by atoms with Crippen LogP contribution in [-0.4, -0.2) is 40.2 Å². The van der Waals surface area contributed by atoms with Gasteiger partial charge >= 0.3 is 0 Å². The number of benzene rings is 2. The summed E-state index contributed by atoms with van der Waals surface area (Å²) >= 11 is 7.44. The van der Waals surface area contributed by atoms with Crippen LogP contribution in [0.1, 0.15) is 46.4 Å². The van der Waals surface area contributed by atoms with Gasteiger partial charge in [0.05, 0.1) is 11.2 Å². The first-order chi connectivity index (χ1) is 17.3. The highest BCUT2D eigenvalue weighted by atomic mass is 35.5. The molecule has 0 saturated heterocycles. The summed E-state index contributed by atoms with van der Waals surface area (Å²) in [4.78, 5) is 30.5. The maximum atomic E-state index is 13.9. The SMILES string of the molecule is CSc1cccc(Oc2ncc(F)cc2C(=O)NC2CCC(NC(=O)c3ccc(O)c(Cl)c3)CC2)c1. The van der Waals surface area contributed by atoms with Crippen LogP contribution in [0.4, 0.5) is 4.39 Å². The van der Waals surface area contributed by atoms with Crippen LogP contribution in [0.2, 0.25) is 5.02 Å². The van der Waals surface area contributed by atoms with Crippen molar-refractivity contribution >= 4 is 35.2 Å². The zero-order valence-corrected chi connectivity index (χ0v) is 21.0. The molecule has 1 saturated carbocycles. The van der Waals surface area contributed by atoms with Gasteiger partial charge in [-0.2, -0.15) is 0 Å². The Kier molecular flexibility index (Phi) is 8.32. The molecule has 0 atom stereocenters. The van der Waals surface area contributed by atoms with Gasteiger partial charge in [0.15, 0.2) is 0 Å². The molecule has 0 bridgehead atoms. The molecule has 36 heavy (non-hydrogen) atoms. The number of ether oxygens (including phenoxy) is 1. The van der Waals surface area contributed by atoms with Crippen molar-refractivity contribution in [3.63, 3.8) is 0 Å². The summed E-state index contributed by atoms with van der Waals surface area (Å²) in [5.74, 6) is -0.931. The second-order valence-electron chi connectivity index (χ2n) is 8.45. The van der Waals surface area contributed by atoms with Gasteiger partial charge in [-0.3, -0.25) is 9.59 Å². The van der Waals surface area contributed by atoms with Gasteiger partial charge in [0.2, 0.25) is 5.88 Å². The fourth-order valence-corrected chi connectivity index (χ4v) is 4.64. The lowest BCUT2D eigenvalue weighted by Crippen LogP contribution is -2.43. The molecule has 1 heterocycles. The van der Waals surface area contributed by atoms with E-state index in [1.807, 2.05) is 24.5 Å². The fourth-order valence-electron chi connectivity index (χ4n) is 4.01. The van der Waals surface area contributed by atoms with Crippen molar-refractivity contribution in [3.8, 4) is 17.4 Å². The van der Waals surface area contributed by atoms with E-state index in [2.05, 4.69) is 15.6 Å². The van der Waals surface area contributed by atoms with Crippen LogP contribution in [-0.2, 0) is 0 Å². The summed E-state index contributed by atoms with van der Waals surface area (Å²) in [6.45, 7) is 0. The summed E-state index contributed by atoms with van der Waals surface area (Å²) in [6.07, 6.45) is 5.56. The number of carbonyl (C=O) groups excluding carboxylic acids is 2. The number of rotatable bonds is 7. The third kappa shape index (κ3) is 6.47. The van der Waals surface area contributed by atoms with E-state index < -0.39 is 11.7 Å². The second kappa shape index (κ2) is 11.6. The number of phenolic OH excluding ortho intramolecular Hbond substituents is 1. The van der Waals surface area contributed by atoms with Gasteiger partial charge in [0.25, 0.3) is 11.8 Å². The molecule has 0 radical (unpaired) electrons. The van der Waals surface area contributed by atoms with Crippen LogP contribution in [0.3, 0.4) is 0 Å². The first-order valence-electron chi connectivity index (χ1n) is 11.4. The molecule has 0 aliphatic heterocycles. The monoisotopic (exact) mass is 529 g/mol. The van der Waals surface area contributed by atoms with Crippen molar-refractivity contribution in [3.05, 3.63) is 76.7 Å². The number of nitrogens with one attached hydrogen (secondary N) is 2. The topological polar surface area (TPSA) is 101 Å². The Labute approximate surface area is 217 Å². The number of halogens is 2. The molecule has 0 unspecified atom stereocenters. The molecule has 188 valence electrons. The van der Waals surface area contributed by atoms with E-state index in [-0.39, 0.29) is 40.2 Å². The highest BCUT2D eigenvalue weighted by Crippen LogP contribution is 2.28. The molecular weight excluding hydrogens is 505 g/mol. The van der Waals surface area contributed by atoms with E-state index in [4.69, 9.17) is 16.3 Å². The predicted molar refractivity (Wildman–Crippen MR) is 137 cm³/mol. The number of aromatic nitrogens is 1. The lowest BCUT2D eigenvalue weighted by atomic mass is 9.90. The smallest absolute Gasteiger partial charge is 0.257 e. The van der Waals surface area contributed by atoms with Gasteiger partial charge in [-0.05, 0) is 74.4 Å². The Morgan fingerprint density at radius 1 is 1.06 bits per heavy atom. The van der Waals surface area contributed by atoms with E-state index >= 15 is 0 Å².